The van der Waals surface area contributed by atoms with Crippen molar-refractivity contribution in [2.75, 3.05) is 62.0 Å². The SMILES string of the molecule is C[S+]([O-])CCOc1ccc(N2CCN(CCn3cnc4c3nc(N)n3nc(-c5ccco5)nc43)CC2)c(F)c1. The molecule has 1 atom stereocenters. The van der Waals surface area contributed by atoms with Crippen LogP contribution in [0.25, 0.3) is 28.4 Å². The number of aromatic nitrogens is 6. The molecule has 14 heteroatoms. The Balaban J connectivity index is 1.08. The van der Waals surface area contributed by atoms with Crippen LogP contribution in [0.2, 0.25) is 0 Å². The molecule has 0 amide bonds. The fraction of sp³-hybridized carbons (Fsp3) is 0.360. The Labute approximate surface area is 226 Å². The van der Waals surface area contributed by atoms with Gasteiger partial charge in [0.1, 0.15) is 23.9 Å². The highest BCUT2D eigenvalue weighted by Gasteiger charge is 2.21. The van der Waals surface area contributed by atoms with E-state index in [1.54, 1.807) is 43.1 Å². The third-order valence-electron chi connectivity index (χ3n) is 6.74. The van der Waals surface area contributed by atoms with Gasteiger partial charge in [0.15, 0.2) is 22.6 Å². The summed E-state index contributed by atoms with van der Waals surface area (Å²) in [4.78, 5) is 18.0. The summed E-state index contributed by atoms with van der Waals surface area (Å²) >= 11 is -0.942. The molecule has 1 unspecified atom stereocenters. The van der Waals surface area contributed by atoms with Crippen molar-refractivity contribution in [1.29, 1.82) is 0 Å². The lowest BCUT2D eigenvalue weighted by molar-refractivity contribution is 0.248. The Bertz CT molecular complexity index is 1580. The first-order valence-electron chi connectivity index (χ1n) is 12.6. The van der Waals surface area contributed by atoms with Crippen molar-refractivity contribution in [3.05, 3.63) is 48.7 Å². The van der Waals surface area contributed by atoms with E-state index in [4.69, 9.17) is 14.9 Å². The summed E-state index contributed by atoms with van der Waals surface area (Å²) in [6, 6.07) is 8.46. The molecule has 5 heterocycles. The monoisotopic (exact) mass is 553 g/mol. The number of nitrogens with zero attached hydrogens (tertiary/aromatic N) is 8. The van der Waals surface area contributed by atoms with Gasteiger partial charge in [0.2, 0.25) is 11.8 Å². The number of anilines is 2. The van der Waals surface area contributed by atoms with Crippen molar-refractivity contribution in [2.24, 2.45) is 0 Å². The molecular formula is C25H28FN9O3S. The Morgan fingerprint density at radius 2 is 1.97 bits per heavy atom. The van der Waals surface area contributed by atoms with E-state index in [1.807, 2.05) is 9.47 Å². The molecule has 1 fully saturated rings. The molecular weight excluding hydrogens is 525 g/mol. The minimum atomic E-state index is -0.942. The summed E-state index contributed by atoms with van der Waals surface area (Å²) in [6.45, 7) is 4.75. The molecule has 0 saturated carbocycles. The number of hydrogen-bond donors (Lipinski definition) is 1. The van der Waals surface area contributed by atoms with Gasteiger partial charge in [-0.1, -0.05) is 11.2 Å². The highest BCUT2D eigenvalue weighted by molar-refractivity contribution is 7.90. The van der Waals surface area contributed by atoms with Crippen LogP contribution in [0.15, 0.2) is 47.3 Å². The van der Waals surface area contributed by atoms with Crippen molar-refractivity contribution in [1.82, 2.24) is 34.0 Å². The maximum Gasteiger partial charge on any atom is 0.225 e. The quantitative estimate of drug-likeness (QED) is 0.270. The molecule has 6 rings (SSSR count). The van der Waals surface area contributed by atoms with Crippen LogP contribution in [-0.2, 0) is 17.7 Å². The molecule has 1 aliphatic rings. The van der Waals surface area contributed by atoms with E-state index in [9.17, 15) is 8.94 Å². The summed E-state index contributed by atoms with van der Waals surface area (Å²) in [7, 11) is 0. The molecule has 204 valence electrons. The lowest BCUT2D eigenvalue weighted by Gasteiger charge is -2.36. The number of rotatable bonds is 9. The maximum absolute atomic E-state index is 14.8. The van der Waals surface area contributed by atoms with Crippen LogP contribution < -0.4 is 15.4 Å². The largest absolute Gasteiger partial charge is 0.616 e. The third-order valence-corrected chi connectivity index (χ3v) is 7.48. The van der Waals surface area contributed by atoms with Crippen LogP contribution in [0, 0.1) is 5.82 Å². The summed E-state index contributed by atoms with van der Waals surface area (Å²) in [6.07, 6.45) is 4.92. The summed E-state index contributed by atoms with van der Waals surface area (Å²) in [5, 5.41) is 4.41. The van der Waals surface area contributed by atoms with Gasteiger partial charge >= 0.3 is 0 Å². The van der Waals surface area contributed by atoms with Gasteiger partial charge in [-0.25, -0.2) is 14.4 Å². The number of halogens is 1. The number of furan rings is 1. The van der Waals surface area contributed by atoms with Crippen LogP contribution in [0.4, 0.5) is 16.0 Å². The predicted molar refractivity (Wildman–Crippen MR) is 146 cm³/mol. The zero-order valence-corrected chi connectivity index (χ0v) is 22.2. The number of nitrogens with two attached hydrogens (primary N) is 1. The lowest BCUT2D eigenvalue weighted by atomic mass is 10.2. The summed E-state index contributed by atoms with van der Waals surface area (Å²) in [5.74, 6) is 1.73. The van der Waals surface area contributed by atoms with Crippen molar-refractivity contribution in [3.63, 3.8) is 0 Å². The molecule has 0 radical (unpaired) electrons. The van der Waals surface area contributed by atoms with Crippen LogP contribution in [0.5, 0.6) is 5.75 Å². The topological polar surface area (TPSA) is 139 Å². The minimum absolute atomic E-state index is 0.219. The highest BCUT2D eigenvalue weighted by atomic mass is 32.2. The van der Waals surface area contributed by atoms with Crippen molar-refractivity contribution in [2.45, 2.75) is 6.54 Å². The van der Waals surface area contributed by atoms with Gasteiger partial charge in [0.25, 0.3) is 0 Å². The smallest absolute Gasteiger partial charge is 0.225 e. The van der Waals surface area contributed by atoms with E-state index in [0.29, 0.717) is 71.8 Å². The zero-order chi connectivity index (χ0) is 26.9. The summed E-state index contributed by atoms with van der Waals surface area (Å²) < 4.78 is 40.3. The first-order valence-corrected chi connectivity index (χ1v) is 14.3. The first-order chi connectivity index (χ1) is 19.0. The Kier molecular flexibility index (Phi) is 6.97. The molecule has 1 aliphatic heterocycles. The third kappa shape index (κ3) is 5.22. The maximum atomic E-state index is 14.8. The van der Waals surface area contributed by atoms with E-state index in [-0.39, 0.29) is 11.8 Å². The van der Waals surface area contributed by atoms with Crippen LogP contribution in [-0.4, -0.2) is 89.9 Å². The van der Waals surface area contributed by atoms with Gasteiger partial charge in [0, 0.05) is 45.3 Å². The molecule has 5 aromatic rings. The van der Waals surface area contributed by atoms with Crippen molar-refractivity contribution in [3.8, 4) is 17.3 Å². The number of nitrogen functional groups attached to an aromatic ring is 1. The van der Waals surface area contributed by atoms with Gasteiger partial charge in [-0.15, -0.1) is 5.10 Å². The molecule has 0 spiro atoms. The number of fused-ring (bicyclic) bond motifs is 3. The number of imidazole rings is 1. The number of benzene rings is 1. The van der Waals surface area contributed by atoms with Gasteiger partial charge in [-0.3, -0.25) is 4.90 Å². The van der Waals surface area contributed by atoms with E-state index in [2.05, 4.69) is 25.0 Å². The predicted octanol–water partition coefficient (Wildman–Crippen LogP) is 2.03. The average Bonchev–Trinajstić information content (AvgIpc) is 3.68. The molecule has 2 N–H and O–H groups in total. The number of piperazine rings is 1. The molecule has 0 bridgehead atoms. The molecule has 4 aromatic heterocycles. The lowest BCUT2D eigenvalue weighted by Crippen LogP contribution is -2.47. The van der Waals surface area contributed by atoms with Crippen molar-refractivity contribution < 1.29 is 18.1 Å². The molecule has 1 saturated heterocycles. The fourth-order valence-electron chi connectivity index (χ4n) is 4.68. The van der Waals surface area contributed by atoms with E-state index in [1.165, 1.54) is 10.6 Å². The minimum Gasteiger partial charge on any atom is -0.616 e. The second-order valence-corrected chi connectivity index (χ2v) is 10.9. The molecule has 1 aromatic carbocycles. The fourth-order valence-corrected chi connectivity index (χ4v) is 5.00. The average molecular weight is 554 g/mol. The normalized spacial score (nSPS) is 15.4. The second kappa shape index (κ2) is 10.7. The van der Waals surface area contributed by atoms with Crippen molar-refractivity contribution >= 4 is 39.6 Å². The molecule has 39 heavy (non-hydrogen) atoms. The van der Waals surface area contributed by atoms with E-state index >= 15 is 0 Å². The van der Waals surface area contributed by atoms with Gasteiger partial charge in [0.05, 0.1) is 24.5 Å². The Morgan fingerprint density at radius 1 is 1.13 bits per heavy atom. The van der Waals surface area contributed by atoms with Crippen LogP contribution in [0.3, 0.4) is 0 Å². The Hall–Kier alpha value is -3.88. The van der Waals surface area contributed by atoms with Crippen LogP contribution >= 0.6 is 0 Å². The summed E-state index contributed by atoms with van der Waals surface area (Å²) in [5.41, 5.74) is 8.54. The Morgan fingerprint density at radius 3 is 2.72 bits per heavy atom. The number of hydrogen-bond acceptors (Lipinski definition) is 10. The van der Waals surface area contributed by atoms with Gasteiger partial charge < -0.3 is 28.9 Å². The molecule has 12 nitrogen and oxygen atoms in total. The van der Waals surface area contributed by atoms with Crippen LogP contribution in [0.1, 0.15) is 0 Å². The van der Waals surface area contributed by atoms with E-state index in [0.717, 1.165) is 19.6 Å². The second-order valence-electron chi connectivity index (χ2n) is 9.30. The van der Waals surface area contributed by atoms with Gasteiger partial charge in [-0.2, -0.15) is 9.50 Å². The molecule has 0 aliphatic carbocycles. The first kappa shape index (κ1) is 25.4. The zero-order valence-electron chi connectivity index (χ0n) is 21.4. The number of ether oxygens (including phenoxy) is 1. The van der Waals surface area contributed by atoms with Gasteiger partial charge in [-0.05, 0) is 24.3 Å². The van der Waals surface area contributed by atoms with E-state index < -0.39 is 11.2 Å². The highest BCUT2D eigenvalue weighted by Crippen LogP contribution is 2.26. The standard InChI is InChI=1S/C25H28FN9O3S/c1-39(36)14-13-37-17-4-5-19(18(26)15-17)33-9-6-32(7-10-33)8-11-34-16-28-21-23(34)30-25(27)35-24(21)29-22(31-35)20-3-2-12-38-20/h2-5,12,15-16H,6-11,13-14H2,1H3,(H2,27,30).